The molecule has 1 aliphatic carbocycles. The molecule has 4 heteroatoms. The van der Waals surface area contributed by atoms with E-state index >= 15 is 0 Å². The van der Waals surface area contributed by atoms with E-state index in [1.54, 1.807) is 0 Å². The molecule has 2 nitrogen and oxygen atoms in total. The van der Waals surface area contributed by atoms with E-state index in [9.17, 15) is 0 Å². The van der Waals surface area contributed by atoms with Crippen molar-refractivity contribution in [3.63, 3.8) is 0 Å². The second kappa shape index (κ2) is 4.49. The Balaban J connectivity index is 2.27. The summed E-state index contributed by atoms with van der Waals surface area (Å²) < 4.78 is 3.41. The summed E-state index contributed by atoms with van der Waals surface area (Å²) in [6.45, 7) is 6.60. The number of fused-ring (bicyclic) bond motifs is 1. The highest BCUT2D eigenvalue weighted by Crippen LogP contribution is 2.46. The van der Waals surface area contributed by atoms with Gasteiger partial charge in [-0.25, -0.2) is 4.98 Å². The van der Waals surface area contributed by atoms with Crippen molar-refractivity contribution in [3.8, 4) is 0 Å². The lowest BCUT2D eigenvalue weighted by atomic mass is 9.97. The van der Waals surface area contributed by atoms with Crippen molar-refractivity contribution in [2.75, 3.05) is 0 Å². The predicted molar refractivity (Wildman–Crippen MR) is 83.7 cm³/mol. The lowest BCUT2D eigenvalue weighted by Crippen LogP contribution is -2.30. The molecule has 1 fully saturated rings. The van der Waals surface area contributed by atoms with Gasteiger partial charge in [-0.3, -0.25) is 0 Å². The van der Waals surface area contributed by atoms with Gasteiger partial charge in [-0.15, -0.1) is 11.6 Å². The quantitative estimate of drug-likeness (QED) is 0.698. The molecule has 1 unspecified atom stereocenters. The molecule has 1 aliphatic rings. The molecule has 1 aromatic heterocycles. The van der Waals surface area contributed by atoms with Gasteiger partial charge >= 0.3 is 0 Å². The SMILES string of the molecule is CC(Cl)c1nc2cc(Br)ccc2n1C(C)(C)C1CC1. The molecule has 0 N–H and O–H groups in total. The van der Waals surface area contributed by atoms with Crippen LogP contribution < -0.4 is 0 Å². The van der Waals surface area contributed by atoms with Crippen LogP contribution in [0.25, 0.3) is 11.0 Å². The average Bonchev–Trinajstić information content (AvgIpc) is 3.10. The van der Waals surface area contributed by atoms with Crippen LogP contribution in [0.15, 0.2) is 22.7 Å². The Kier molecular flexibility index (Phi) is 3.18. The molecule has 0 aliphatic heterocycles. The zero-order valence-electron chi connectivity index (χ0n) is 11.5. The van der Waals surface area contributed by atoms with E-state index in [1.165, 1.54) is 18.4 Å². The van der Waals surface area contributed by atoms with Gasteiger partial charge in [-0.1, -0.05) is 15.9 Å². The Labute approximate surface area is 127 Å². The third-order valence-electron chi connectivity index (χ3n) is 4.15. The highest BCUT2D eigenvalue weighted by Gasteiger charge is 2.41. The maximum Gasteiger partial charge on any atom is 0.128 e. The van der Waals surface area contributed by atoms with Crippen LogP contribution >= 0.6 is 27.5 Å². The smallest absolute Gasteiger partial charge is 0.128 e. The van der Waals surface area contributed by atoms with Gasteiger partial charge in [-0.2, -0.15) is 0 Å². The molecule has 0 amide bonds. The minimum Gasteiger partial charge on any atom is -0.321 e. The number of imidazole rings is 1. The second-order valence-corrected chi connectivity index (χ2v) is 7.55. The third kappa shape index (κ3) is 2.21. The monoisotopic (exact) mass is 340 g/mol. The number of alkyl halides is 1. The zero-order chi connectivity index (χ0) is 13.8. The summed E-state index contributed by atoms with van der Waals surface area (Å²) in [5.41, 5.74) is 2.29. The van der Waals surface area contributed by atoms with Crippen molar-refractivity contribution in [3.05, 3.63) is 28.5 Å². The van der Waals surface area contributed by atoms with Crippen molar-refractivity contribution in [1.82, 2.24) is 9.55 Å². The Morgan fingerprint density at radius 2 is 2.11 bits per heavy atom. The topological polar surface area (TPSA) is 17.8 Å². The molecule has 0 saturated heterocycles. The largest absolute Gasteiger partial charge is 0.321 e. The number of aromatic nitrogens is 2. The summed E-state index contributed by atoms with van der Waals surface area (Å²) in [5.74, 6) is 1.72. The molecule has 1 aromatic carbocycles. The van der Waals surface area contributed by atoms with Crippen molar-refractivity contribution in [1.29, 1.82) is 0 Å². The first-order chi connectivity index (χ1) is 8.91. The molecule has 1 atom stereocenters. The van der Waals surface area contributed by atoms with Crippen molar-refractivity contribution in [2.45, 2.75) is 44.5 Å². The van der Waals surface area contributed by atoms with Gasteiger partial charge in [0, 0.05) is 10.0 Å². The van der Waals surface area contributed by atoms with Crippen molar-refractivity contribution >= 4 is 38.6 Å². The van der Waals surface area contributed by atoms with Gasteiger partial charge in [0.2, 0.25) is 0 Å². The van der Waals surface area contributed by atoms with Crippen LogP contribution in [0.3, 0.4) is 0 Å². The van der Waals surface area contributed by atoms with Crippen LogP contribution in [0.2, 0.25) is 0 Å². The van der Waals surface area contributed by atoms with Crippen LogP contribution in [-0.2, 0) is 5.54 Å². The first-order valence-electron chi connectivity index (χ1n) is 6.73. The lowest BCUT2D eigenvalue weighted by molar-refractivity contribution is 0.304. The molecule has 1 saturated carbocycles. The highest BCUT2D eigenvalue weighted by atomic mass is 79.9. The summed E-state index contributed by atoms with van der Waals surface area (Å²) in [5, 5.41) is -0.0794. The van der Waals surface area contributed by atoms with Crippen LogP contribution in [0.4, 0.5) is 0 Å². The summed E-state index contributed by atoms with van der Waals surface area (Å²) in [7, 11) is 0. The molecule has 102 valence electrons. The molecular weight excluding hydrogens is 324 g/mol. The standard InChI is InChI=1S/C15H18BrClN2/c1-9(17)14-18-12-8-11(16)6-7-13(12)19(14)15(2,3)10-4-5-10/h6-10H,4-5H2,1-3H3. The summed E-state index contributed by atoms with van der Waals surface area (Å²) in [6, 6.07) is 6.28. The summed E-state index contributed by atoms with van der Waals surface area (Å²) >= 11 is 9.87. The minimum atomic E-state index is -0.0794. The van der Waals surface area contributed by atoms with Crippen molar-refractivity contribution < 1.29 is 0 Å². The maximum absolute atomic E-state index is 6.36. The number of benzene rings is 1. The summed E-state index contributed by atoms with van der Waals surface area (Å²) in [4.78, 5) is 4.75. The number of hydrogen-bond acceptors (Lipinski definition) is 1. The predicted octanol–water partition coefficient (Wildman–Crippen LogP) is 5.24. The van der Waals surface area contributed by atoms with E-state index in [0.29, 0.717) is 0 Å². The van der Waals surface area contributed by atoms with Gasteiger partial charge < -0.3 is 4.57 Å². The number of halogens is 2. The molecule has 0 bridgehead atoms. The Morgan fingerprint density at radius 1 is 1.42 bits per heavy atom. The van der Waals surface area contributed by atoms with Gasteiger partial charge in [-0.05, 0) is 57.7 Å². The van der Waals surface area contributed by atoms with E-state index in [1.807, 2.05) is 6.92 Å². The molecule has 0 spiro atoms. The molecule has 0 radical (unpaired) electrons. The molecular formula is C15H18BrClN2. The van der Waals surface area contributed by atoms with Gasteiger partial charge in [0.05, 0.1) is 16.4 Å². The average molecular weight is 342 g/mol. The first kappa shape index (κ1) is 13.4. The Morgan fingerprint density at radius 3 is 2.68 bits per heavy atom. The Bertz CT molecular complexity index is 626. The molecule has 3 rings (SSSR count). The first-order valence-corrected chi connectivity index (χ1v) is 7.96. The van der Waals surface area contributed by atoms with E-state index in [4.69, 9.17) is 16.6 Å². The van der Waals surface area contributed by atoms with Gasteiger partial charge in [0.1, 0.15) is 5.82 Å². The van der Waals surface area contributed by atoms with E-state index < -0.39 is 0 Å². The minimum absolute atomic E-state index is 0.0794. The fourth-order valence-corrected chi connectivity index (χ4v) is 3.41. The molecule has 2 aromatic rings. The van der Waals surface area contributed by atoms with Crippen LogP contribution in [-0.4, -0.2) is 9.55 Å². The number of hydrogen-bond donors (Lipinski definition) is 0. The number of rotatable bonds is 3. The second-order valence-electron chi connectivity index (χ2n) is 5.98. The normalized spacial score (nSPS) is 17.9. The van der Waals surface area contributed by atoms with E-state index in [2.05, 4.69) is 52.5 Å². The number of nitrogens with zero attached hydrogens (tertiary/aromatic N) is 2. The molecule has 1 heterocycles. The van der Waals surface area contributed by atoms with E-state index in [-0.39, 0.29) is 10.9 Å². The fraction of sp³-hybridized carbons (Fsp3) is 0.533. The zero-order valence-corrected chi connectivity index (χ0v) is 13.8. The van der Waals surface area contributed by atoms with Crippen molar-refractivity contribution in [2.24, 2.45) is 5.92 Å². The molecule has 19 heavy (non-hydrogen) atoms. The highest BCUT2D eigenvalue weighted by molar-refractivity contribution is 9.10. The van der Waals surface area contributed by atoms with Gasteiger partial charge in [0.15, 0.2) is 0 Å². The van der Waals surface area contributed by atoms with Crippen LogP contribution in [0.1, 0.15) is 44.8 Å². The Hall–Kier alpha value is -0.540. The van der Waals surface area contributed by atoms with Crippen LogP contribution in [0.5, 0.6) is 0 Å². The van der Waals surface area contributed by atoms with Crippen LogP contribution in [0, 0.1) is 5.92 Å². The maximum atomic E-state index is 6.36. The van der Waals surface area contributed by atoms with E-state index in [0.717, 1.165) is 21.7 Å². The summed E-state index contributed by atoms with van der Waals surface area (Å²) in [6.07, 6.45) is 2.61. The third-order valence-corrected chi connectivity index (χ3v) is 4.84. The van der Waals surface area contributed by atoms with Gasteiger partial charge in [0.25, 0.3) is 0 Å². The lowest BCUT2D eigenvalue weighted by Gasteiger charge is -2.30. The fourth-order valence-electron chi connectivity index (χ4n) is 2.92.